The Balaban J connectivity index is 1.89. The normalized spacial score (nSPS) is 10.5. The second-order valence-electron chi connectivity index (χ2n) is 4.97. The molecule has 0 aliphatic rings. The lowest BCUT2D eigenvalue weighted by molar-refractivity contribution is 0.145. The summed E-state index contributed by atoms with van der Waals surface area (Å²) in [5, 5.41) is 10.2. The highest BCUT2D eigenvalue weighted by Gasteiger charge is 2.15. The predicted molar refractivity (Wildman–Crippen MR) is 85.4 cm³/mol. The number of rotatable bonds is 8. The lowest BCUT2D eigenvalue weighted by Crippen LogP contribution is -2.40. The Bertz CT molecular complexity index is 664. The topological polar surface area (TPSA) is 81.5 Å². The fourth-order valence-electron chi connectivity index (χ4n) is 1.94. The summed E-state index contributed by atoms with van der Waals surface area (Å²) in [5.74, 6) is 0.0587. The van der Waals surface area contributed by atoms with Gasteiger partial charge in [-0.2, -0.15) is 0 Å². The molecule has 0 saturated heterocycles. The Morgan fingerprint density at radius 3 is 2.75 bits per heavy atom. The number of carbonyl (C=O) groups is 1. The van der Waals surface area contributed by atoms with Crippen molar-refractivity contribution in [2.24, 2.45) is 7.05 Å². The standard InChI is InChI=1S/C15H20FN5O3/c1-20-11-14(18-19-20)17-15(22)21(7-9-23-2)8-10-24-13-6-4-3-5-12(13)16/h3-6,11H,7-10H2,1-2H3,(H,17,22). The molecular formula is C15H20FN5O3. The van der Waals surface area contributed by atoms with Crippen LogP contribution in [-0.4, -0.2) is 59.3 Å². The summed E-state index contributed by atoms with van der Waals surface area (Å²) >= 11 is 0. The molecule has 2 rings (SSSR count). The third-order valence-corrected chi connectivity index (χ3v) is 3.15. The Labute approximate surface area is 139 Å². The number of carbonyl (C=O) groups excluding carboxylic acids is 1. The molecular weight excluding hydrogens is 317 g/mol. The van der Waals surface area contributed by atoms with E-state index in [-0.39, 0.29) is 24.9 Å². The average Bonchev–Trinajstić information content (AvgIpc) is 2.97. The Hall–Kier alpha value is -2.68. The quantitative estimate of drug-likeness (QED) is 0.790. The Morgan fingerprint density at radius 1 is 1.33 bits per heavy atom. The molecule has 0 unspecified atom stereocenters. The van der Waals surface area contributed by atoms with Crippen LogP contribution in [0.5, 0.6) is 5.75 Å². The smallest absolute Gasteiger partial charge is 0.323 e. The van der Waals surface area contributed by atoms with Gasteiger partial charge in [-0.1, -0.05) is 17.3 Å². The van der Waals surface area contributed by atoms with Crippen molar-refractivity contribution in [3.8, 4) is 5.75 Å². The first kappa shape index (κ1) is 17.7. The van der Waals surface area contributed by atoms with Gasteiger partial charge in [-0.25, -0.2) is 9.18 Å². The molecule has 0 spiro atoms. The van der Waals surface area contributed by atoms with Gasteiger partial charge in [0.15, 0.2) is 17.4 Å². The maximum Gasteiger partial charge on any atom is 0.323 e. The molecule has 9 heteroatoms. The minimum absolute atomic E-state index is 0.151. The van der Waals surface area contributed by atoms with E-state index in [2.05, 4.69) is 15.6 Å². The molecule has 0 saturated carbocycles. The monoisotopic (exact) mass is 337 g/mol. The molecule has 24 heavy (non-hydrogen) atoms. The summed E-state index contributed by atoms with van der Waals surface area (Å²) < 4.78 is 25.4. The molecule has 2 amide bonds. The van der Waals surface area contributed by atoms with Crippen LogP contribution < -0.4 is 10.1 Å². The average molecular weight is 337 g/mol. The largest absolute Gasteiger partial charge is 0.489 e. The molecule has 1 aromatic carbocycles. The Morgan fingerprint density at radius 2 is 2.08 bits per heavy atom. The van der Waals surface area contributed by atoms with Crippen molar-refractivity contribution in [3.05, 3.63) is 36.3 Å². The molecule has 0 aliphatic heterocycles. The van der Waals surface area contributed by atoms with E-state index < -0.39 is 5.82 Å². The van der Waals surface area contributed by atoms with Gasteiger partial charge in [-0.05, 0) is 12.1 Å². The number of nitrogens with zero attached hydrogens (tertiary/aromatic N) is 4. The number of amides is 2. The van der Waals surface area contributed by atoms with Crippen molar-refractivity contribution >= 4 is 11.8 Å². The van der Waals surface area contributed by atoms with Crippen LogP contribution in [-0.2, 0) is 11.8 Å². The van der Waals surface area contributed by atoms with Crippen molar-refractivity contribution in [1.82, 2.24) is 19.9 Å². The predicted octanol–water partition coefficient (Wildman–Crippen LogP) is 1.51. The van der Waals surface area contributed by atoms with Crippen molar-refractivity contribution in [2.75, 3.05) is 38.7 Å². The van der Waals surface area contributed by atoms with Gasteiger partial charge in [-0.3, -0.25) is 10.00 Å². The highest BCUT2D eigenvalue weighted by atomic mass is 19.1. The number of hydrogen-bond acceptors (Lipinski definition) is 5. The summed E-state index contributed by atoms with van der Waals surface area (Å²) in [6.07, 6.45) is 1.59. The highest BCUT2D eigenvalue weighted by molar-refractivity contribution is 5.88. The molecule has 1 aromatic heterocycles. The first-order valence-corrected chi connectivity index (χ1v) is 7.38. The minimum atomic E-state index is -0.440. The van der Waals surface area contributed by atoms with Crippen LogP contribution in [0, 0.1) is 5.82 Å². The number of anilines is 1. The SMILES string of the molecule is COCCN(CCOc1ccccc1F)C(=O)Nc1cn(C)nn1. The van der Waals surface area contributed by atoms with Crippen LogP contribution in [0.15, 0.2) is 30.5 Å². The maximum atomic E-state index is 13.5. The van der Waals surface area contributed by atoms with Crippen LogP contribution in [0.4, 0.5) is 15.0 Å². The van der Waals surface area contributed by atoms with E-state index in [1.54, 1.807) is 32.5 Å². The number of urea groups is 1. The summed E-state index contributed by atoms with van der Waals surface area (Å²) in [7, 11) is 3.25. The molecule has 1 heterocycles. The number of aromatic nitrogens is 3. The number of nitrogens with one attached hydrogen (secondary N) is 1. The van der Waals surface area contributed by atoms with Crippen molar-refractivity contribution < 1.29 is 18.7 Å². The van der Waals surface area contributed by atoms with E-state index in [0.29, 0.717) is 19.0 Å². The number of ether oxygens (including phenoxy) is 2. The molecule has 1 N–H and O–H groups in total. The van der Waals surface area contributed by atoms with Crippen LogP contribution in [0.1, 0.15) is 0 Å². The molecule has 0 fully saturated rings. The van der Waals surface area contributed by atoms with Gasteiger partial charge in [0, 0.05) is 20.7 Å². The van der Waals surface area contributed by atoms with E-state index >= 15 is 0 Å². The third-order valence-electron chi connectivity index (χ3n) is 3.15. The van der Waals surface area contributed by atoms with Gasteiger partial charge in [-0.15, -0.1) is 5.10 Å². The second kappa shape index (κ2) is 8.82. The van der Waals surface area contributed by atoms with E-state index in [1.165, 1.54) is 21.7 Å². The molecule has 0 atom stereocenters. The zero-order valence-electron chi connectivity index (χ0n) is 13.6. The lowest BCUT2D eigenvalue weighted by Gasteiger charge is -2.22. The van der Waals surface area contributed by atoms with Crippen molar-refractivity contribution in [2.45, 2.75) is 0 Å². The van der Waals surface area contributed by atoms with E-state index in [9.17, 15) is 9.18 Å². The number of halogens is 1. The molecule has 8 nitrogen and oxygen atoms in total. The highest BCUT2D eigenvalue weighted by Crippen LogP contribution is 2.15. The second-order valence-corrected chi connectivity index (χ2v) is 4.97. The zero-order chi connectivity index (χ0) is 17.4. The van der Waals surface area contributed by atoms with Crippen molar-refractivity contribution in [1.29, 1.82) is 0 Å². The number of para-hydroxylation sites is 1. The summed E-state index contributed by atoms with van der Waals surface area (Å²) in [5.41, 5.74) is 0. The number of aryl methyl sites for hydroxylation is 1. The molecule has 2 aromatic rings. The van der Waals surface area contributed by atoms with Crippen molar-refractivity contribution in [3.63, 3.8) is 0 Å². The first-order valence-electron chi connectivity index (χ1n) is 7.38. The van der Waals surface area contributed by atoms with Crippen LogP contribution in [0.25, 0.3) is 0 Å². The van der Waals surface area contributed by atoms with E-state index in [0.717, 1.165) is 0 Å². The molecule has 130 valence electrons. The third kappa shape index (κ3) is 5.20. The van der Waals surface area contributed by atoms with Gasteiger partial charge < -0.3 is 14.4 Å². The summed E-state index contributed by atoms with van der Waals surface area (Å²) in [6.45, 7) is 1.15. The van der Waals surface area contributed by atoms with Crippen LogP contribution in [0.2, 0.25) is 0 Å². The molecule has 0 bridgehead atoms. The molecule has 0 radical (unpaired) electrons. The molecule has 0 aliphatic carbocycles. The van der Waals surface area contributed by atoms with Gasteiger partial charge in [0.25, 0.3) is 0 Å². The minimum Gasteiger partial charge on any atom is -0.489 e. The lowest BCUT2D eigenvalue weighted by atomic mass is 10.3. The number of methoxy groups -OCH3 is 1. The fraction of sp³-hybridized carbons (Fsp3) is 0.400. The van der Waals surface area contributed by atoms with Gasteiger partial charge in [0.1, 0.15) is 6.61 Å². The summed E-state index contributed by atoms with van der Waals surface area (Å²) in [6, 6.07) is 5.76. The van der Waals surface area contributed by atoms with Gasteiger partial charge in [0.2, 0.25) is 0 Å². The maximum absolute atomic E-state index is 13.5. The number of benzene rings is 1. The van der Waals surface area contributed by atoms with Crippen LogP contribution >= 0.6 is 0 Å². The van der Waals surface area contributed by atoms with Gasteiger partial charge >= 0.3 is 6.03 Å². The van der Waals surface area contributed by atoms with Gasteiger partial charge in [0.05, 0.1) is 19.3 Å². The summed E-state index contributed by atoms with van der Waals surface area (Å²) in [4.78, 5) is 13.8. The number of hydrogen-bond donors (Lipinski definition) is 1. The first-order chi connectivity index (χ1) is 11.6. The van der Waals surface area contributed by atoms with E-state index in [4.69, 9.17) is 9.47 Å². The Kier molecular flexibility index (Phi) is 6.50. The van der Waals surface area contributed by atoms with E-state index in [1.807, 2.05) is 0 Å². The fourth-order valence-corrected chi connectivity index (χ4v) is 1.94. The zero-order valence-corrected chi connectivity index (χ0v) is 13.6. The van der Waals surface area contributed by atoms with Crippen LogP contribution in [0.3, 0.4) is 0 Å².